The van der Waals surface area contributed by atoms with Crippen molar-refractivity contribution in [2.45, 2.75) is 39.5 Å². The van der Waals surface area contributed by atoms with Crippen LogP contribution in [-0.2, 0) is 28.8 Å². The molecule has 1 saturated heterocycles. The van der Waals surface area contributed by atoms with Gasteiger partial charge in [0, 0.05) is 71.2 Å². The van der Waals surface area contributed by atoms with Crippen molar-refractivity contribution < 1.29 is 44.1 Å². The molecule has 1 aliphatic heterocycles. The highest BCUT2D eigenvalue weighted by molar-refractivity contribution is 5.85. The van der Waals surface area contributed by atoms with E-state index in [1.165, 1.54) is 0 Å². The van der Waals surface area contributed by atoms with Crippen molar-refractivity contribution in [3.05, 3.63) is 0 Å². The molecule has 15 nitrogen and oxygen atoms in total. The fourth-order valence-corrected chi connectivity index (χ4v) is 4.40. The number of unbranched alkanes of at least 4 members (excludes halogenated alkanes) is 2. The van der Waals surface area contributed by atoms with Crippen molar-refractivity contribution in [2.24, 2.45) is 5.92 Å². The number of carboxylic acid groups (broad SMARTS) is 3. The third-order valence-corrected chi connectivity index (χ3v) is 6.89. The van der Waals surface area contributed by atoms with Gasteiger partial charge in [-0.1, -0.05) is 20.3 Å². The Labute approximate surface area is 247 Å². The SMILES string of the molecule is CC(C)C(=O)CCCCCNC(=O)CNC(=O)CN1CCN(CC(=O)O)CCN(CC(=O)O)CCN(CC(=O)O)CC1. The van der Waals surface area contributed by atoms with E-state index in [1.807, 2.05) is 13.8 Å². The Morgan fingerprint density at radius 3 is 1.36 bits per heavy atom. The Morgan fingerprint density at radius 2 is 0.976 bits per heavy atom. The zero-order valence-electron chi connectivity index (χ0n) is 24.9. The van der Waals surface area contributed by atoms with Crippen LogP contribution in [0.3, 0.4) is 0 Å². The van der Waals surface area contributed by atoms with E-state index in [1.54, 1.807) is 19.6 Å². The number of carbonyl (C=O) groups is 6. The van der Waals surface area contributed by atoms with Gasteiger partial charge in [-0.2, -0.15) is 0 Å². The zero-order valence-corrected chi connectivity index (χ0v) is 24.9. The molecular formula is C27H48N6O9. The lowest BCUT2D eigenvalue weighted by molar-refractivity contribution is -0.140. The predicted molar refractivity (Wildman–Crippen MR) is 153 cm³/mol. The van der Waals surface area contributed by atoms with Crippen LogP contribution in [0.2, 0.25) is 0 Å². The Balaban J connectivity index is 2.65. The first-order valence-electron chi connectivity index (χ1n) is 14.5. The summed E-state index contributed by atoms with van der Waals surface area (Å²) in [6, 6.07) is 0. The van der Waals surface area contributed by atoms with Crippen LogP contribution in [0.4, 0.5) is 0 Å². The summed E-state index contributed by atoms with van der Waals surface area (Å²) in [5, 5.41) is 33.2. The van der Waals surface area contributed by atoms with Crippen LogP contribution in [0.1, 0.15) is 39.5 Å². The summed E-state index contributed by atoms with van der Waals surface area (Å²) in [5.74, 6) is -3.56. The number of ketones is 1. The molecule has 1 heterocycles. The van der Waals surface area contributed by atoms with E-state index in [0.29, 0.717) is 39.1 Å². The van der Waals surface area contributed by atoms with Crippen LogP contribution in [-0.4, -0.2) is 162 Å². The molecule has 0 aromatic carbocycles. The third kappa shape index (κ3) is 18.3. The molecular weight excluding hydrogens is 552 g/mol. The van der Waals surface area contributed by atoms with E-state index in [4.69, 9.17) is 0 Å². The molecule has 0 aliphatic carbocycles. The molecule has 42 heavy (non-hydrogen) atoms. The van der Waals surface area contributed by atoms with Crippen LogP contribution in [0.25, 0.3) is 0 Å². The zero-order chi connectivity index (χ0) is 31.5. The summed E-state index contributed by atoms with van der Waals surface area (Å²) in [6.45, 7) is 5.52. The molecule has 0 unspecified atom stereocenters. The predicted octanol–water partition coefficient (Wildman–Crippen LogP) is -1.52. The van der Waals surface area contributed by atoms with Gasteiger partial charge in [-0.25, -0.2) is 0 Å². The lowest BCUT2D eigenvalue weighted by atomic mass is 10.0. The molecule has 1 rings (SSSR count). The van der Waals surface area contributed by atoms with Crippen LogP contribution < -0.4 is 10.6 Å². The maximum absolute atomic E-state index is 12.6. The first-order chi connectivity index (χ1) is 19.8. The molecule has 0 aromatic rings. The number of nitrogens with zero attached hydrogens (tertiary/aromatic N) is 4. The van der Waals surface area contributed by atoms with Gasteiger partial charge in [-0.3, -0.25) is 48.4 Å². The minimum atomic E-state index is -1.03. The number of Topliss-reactive ketones (excluding diaryl/α,β-unsaturated/α-hetero) is 1. The highest BCUT2D eigenvalue weighted by Crippen LogP contribution is 2.06. The van der Waals surface area contributed by atoms with Crippen LogP contribution >= 0.6 is 0 Å². The summed E-state index contributed by atoms with van der Waals surface area (Å²) in [4.78, 5) is 77.3. The number of nitrogens with one attached hydrogen (secondary N) is 2. The van der Waals surface area contributed by atoms with Gasteiger partial charge in [0.25, 0.3) is 0 Å². The minimum Gasteiger partial charge on any atom is -0.480 e. The molecule has 0 bridgehead atoms. The molecule has 1 fully saturated rings. The van der Waals surface area contributed by atoms with Crippen molar-refractivity contribution in [1.29, 1.82) is 0 Å². The molecule has 2 amide bonds. The van der Waals surface area contributed by atoms with E-state index in [2.05, 4.69) is 10.6 Å². The van der Waals surface area contributed by atoms with Gasteiger partial charge in [0.2, 0.25) is 11.8 Å². The highest BCUT2D eigenvalue weighted by Gasteiger charge is 2.21. The number of rotatable bonds is 17. The van der Waals surface area contributed by atoms with Crippen molar-refractivity contribution in [3.63, 3.8) is 0 Å². The number of carbonyl (C=O) groups excluding carboxylic acids is 3. The molecule has 0 spiro atoms. The van der Waals surface area contributed by atoms with Gasteiger partial charge < -0.3 is 26.0 Å². The molecule has 1 aliphatic rings. The Kier molecular flexibility index (Phi) is 18.2. The second kappa shape index (κ2) is 20.7. The van der Waals surface area contributed by atoms with Crippen LogP contribution in [0, 0.1) is 5.92 Å². The molecule has 0 radical (unpaired) electrons. The summed E-state index contributed by atoms with van der Waals surface area (Å²) in [6.07, 6.45) is 2.85. The average Bonchev–Trinajstić information content (AvgIpc) is 2.89. The molecule has 0 aromatic heterocycles. The maximum atomic E-state index is 12.6. The Bertz CT molecular complexity index is 869. The second-order valence-electron chi connectivity index (χ2n) is 10.8. The summed E-state index contributed by atoms with van der Waals surface area (Å²) in [5.41, 5.74) is 0. The van der Waals surface area contributed by atoms with Crippen molar-refractivity contribution in [2.75, 3.05) is 91.6 Å². The minimum absolute atomic E-state index is 0.0267. The first kappa shape index (κ1) is 36.9. The third-order valence-electron chi connectivity index (χ3n) is 6.89. The summed E-state index contributed by atoms with van der Waals surface area (Å²) < 4.78 is 0. The van der Waals surface area contributed by atoms with E-state index in [9.17, 15) is 44.1 Å². The number of hydrogen-bond acceptors (Lipinski definition) is 10. The van der Waals surface area contributed by atoms with Gasteiger partial charge in [0.15, 0.2) is 0 Å². The van der Waals surface area contributed by atoms with Crippen molar-refractivity contribution >= 4 is 35.5 Å². The largest absolute Gasteiger partial charge is 0.480 e. The molecule has 0 saturated carbocycles. The molecule has 240 valence electrons. The first-order valence-corrected chi connectivity index (χ1v) is 14.5. The maximum Gasteiger partial charge on any atom is 0.317 e. The number of amides is 2. The van der Waals surface area contributed by atoms with Gasteiger partial charge in [-0.15, -0.1) is 0 Å². The second-order valence-corrected chi connectivity index (χ2v) is 10.8. The lowest BCUT2D eigenvalue weighted by Gasteiger charge is -2.32. The number of carboxylic acids is 3. The van der Waals surface area contributed by atoms with E-state index < -0.39 is 23.8 Å². The summed E-state index contributed by atoms with van der Waals surface area (Å²) >= 11 is 0. The molecule has 5 N–H and O–H groups in total. The Hall–Kier alpha value is -3.14. The quantitative estimate of drug-likeness (QED) is 0.121. The smallest absolute Gasteiger partial charge is 0.317 e. The van der Waals surface area contributed by atoms with Crippen molar-refractivity contribution in [3.8, 4) is 0 Å². The normalized spacial score (nSPS) is 16.7. The molecule has 0 atom stereocenters. The Morgan fingerprint density at radius 1 is 0.571 bits per heavy atom. The lowest BCUT2D eigenvalue weighted by Crippen LogP contribution is -2.50. The van der Waals surface area contributed by atoms with Crippen molar-refractivity contribution in [1.82, 2.24) is 30.2 Å². The standard InChI is InChI=1S/C27H48N6O9/c1-21(2)22(34)6-4-3-5-7-28-23(35)16-29-24(36)17-30-8-10-31(18-25(37)38)12-14-33(20-27(41)42)15-13-32(11-9-30)19-26(39)40/h21H,3-20H2,1-2H3,(H,28,35)(H,29,36)(H,37,38)(H,39,40)(H,41,42). The number of aliphatic carboxylic acids is 3. The van der Waals surface area contributed by atoms with Gasteiger partial charge >= 0.3 is 17.9 Å². The summed E-state index contributed by atoms with van der Waals surface area (Å²) in [7, 11) is 0. The highest BCUT2D eigenvalue weighted by atomic mass is 16.4. The van der Waals surface area contributed by atoms with Crippen LogP contribution in [0.15, 0.2) is 0 Å². The van der Waals surface area contributed by atoms with Gasteiger partial charge in [0.05, 0.1) is 32.7 Å². The number of hydrogen-bond donors (Lipinski definition) is 5. The van der Waals surface area contributed by atoms with Crippen LogP contribution in [0.5, 0.6) is 0 Å². The topological polar surface area (TPSA) is 200 Å². The fourth-order valence-electron chi connectivity index (χ4n) is 4.40. The van der Waals surface area contributed by atoms with Gasteiger partial charge in [0.1, 0.15) is 5.78 Å². The van der Waals surface area contributed by atoms with E-state index in [-0.39, 0.29) is 76.5 Å². The molecule has 15 heteroatoms. The average molecular weight is 601 g/mol. The van der Waals surface area contributed by atoms with Gasteiger partial charge in [-0.05, 0) is 12.8 Å². The van der Waals surface area contributed by atoms with E-state index >= 15 is 0 Å². The fraction of sp³-hybridized carbons (Fsp3) is 0.778. The monoisotopic (exact) mass is 600 g/mol. The van der Waals surface area contributed by atoms with E-state index in [0.717, 1.165) is 19.3 Å².